The Morgan fingerprint density at radius 1 is 1.13 bits per heavy atom. The quantitative estimate of drug-likeness (QED) is 0.838. The van der Waals surface area contributed by atoms with Crippen LogP contribution in [0.4, 0.5) is 5.69 Å². The lowest BCUT2D eigenvalue weighted by Crippen LogP contribution is -3.08. The molecular formula is C19H24ClN2O+. The minimum atomic E-state index is -0.0292. The van der Waals surface area contributed by atoms with E-state index in [-0.39, 0.29) is 5.91 Å². The molecule has 0 heterocycles. The largest absolute Gasteiger partial charge is 0.326 e. The van der Waals surface area contributed by atoms with Gasteiger partial charge in [-0.2, -0.15) is 0 Å². The van der Waals surface area contributed by atoms with Crippen molar-refractivity contribution in [1.82, 2.24) is 0 Å². The number of hydrogen-bond acceptors (Lipinski definition) is 1. The normalized spacial score (nSPS) is 12.0. The molecule has 0 spiro atoms. The molecule has 0 bridgehead atoms. The summed E-state index contributed by atoms with van der Waals surface area (Å²) in [6.45, 7) is 5.34. The fourth-order valence-electron chi connectivity index (χ4n) is 2.49. The lowest BCUT2D eigenvalue weighted by atomic mass is 10.1. The first-order valence-corrected chi connectivity index (χ1v) is 8.31. The van der Waals surface area contributed by atoms with Gasteiger partial charge in [0.05, 0.1) is 17.8 Å². The monoisotopic (exact) mass is 331 g/mol. The van der Waals surface area contributed by atoms with Crippen LogP contribution in [-0.4, -0.2) is 19.5 Å². The van der Waals surface area contributed by atoms with E-state index in [2.05, 4.69) is 36.5 Å². The van der Waals surface area contributed by atoms with E-state index in [0.29, 0.717) is 17.3 Å². The standard InChI is InChI=1S/C19H23ClN2O/c1-4-15-6-8-16(9-7-15)12-22(3)13-19(23)21-18-10-5-14(2)11-17(18)20/h5-11H,4,12-13H2,1-3H3,(H,21,23)/p+1. The van der Waals surface area contributed by atoms with E-state index in [9.17, 15) is 4.79 Å². The van der Waals surface area contributed by atoms with Gasteiger partial charge in [-0.3, -0.25) is 4.79 Å². The summed E-state index contributed by atoms with van der Waals surface area (Å²) in [6, 6.07) is 14.2. The Hall–Kier alpha value is -1.84. The number of halogens is 1. The average Bonchev–Trinajstić information content (AvgIpc) is 2.50. The topological polar surface area (TPSA) is 33.5 Å². The van der Waals surface area contributed by atoms with Gasteiger partial charge in [0.2, 0.25) is 0 Å². The van der Waals surface area contributed by atoms with Crippen LogP contribution < -0.4 is 10.2 Å². The summed E-state index contributed by atoms with van der Waals surface area (Å²) in [4.78, 5) is 13.3. The van der Waals surface area contributed by atoms with Crippen LogP contribution in [-0.2, 0) is 17.8 Å². The summed E-state index contributed by atoms with van der Waals surface area (Å²) in [5.41, 5.74) is 4.31. The number of rotatable bonds is 6. The molecule has 3 nitrogen and oxygen atoms in total. The molecule has 2 aromatic carbocycles. The van der Waals surface area contributed by atoms with Crippen LogP contribution in [0.2, 0.25) is 5.02 Å². The molecule has 0 saturated heterocycles. The smallest absolute Gasteiger partial charge is 0.279 e. The number of carbonyl (C=O) groups is 1. The number of benzene rings is 2. The van der Waals surface area contributed by atoms with Crippen LogP contribution in [0.15, 0.2) is 42.5 Å². The van der Waals surface area contributed by atoms with Crippen molar-refractivity contribution in [3.05, 3.63) is 64.2 Å². The maximum Gasteiger partial charge on any atom is 0.279 e. The van der Waals surface area contributed by atoms with Crippen molar-refractivity contribution in [2.24, 2.45) is 0 Å². The van der Waals surface area contributed by atoms with Crippen molar-refractivity contribution < 1.29 is 9.69 Å². The molecule has 1 amide bonds. The van der Waals surface area contributed by atoms with Crippen LogP contribution in [0.1, 0.15) is 23.6 Å². The zero-order valence-corrected chi connectivity index (χ0v) is 14.7. The second kappa shape index (κ2) is 8.14. The summed E-state index contributed by atoms with van der Waals surface area (Å²) in [5, 5.41) is 3.46. The Morgan fingerprint density at radius 3 is 2.39 bits per heavy atom. The number of aryl methyl sites for hydroxylation is 2. The lowest BCUT2D eigenvalue weighted by Gasteiger charge is -2.15. The molecule has 4 heteroatoms. The minimum absolute atomic E-state index is 0.0292. The van der Waals surface area contributed by atoms with Gasteiger partial charge in [0.25, 0.3) is 5.91 Å². The summed E-state index contributed by atoms with van der Waals surface area (Å²) in [6.07, 6.45) is 1.04. The third-order valence-corrected chi connectivity index (χ3v) is 4.11. The summed E-state index contributed by atoms with van der Waals surface area (Å²) < 4.78 is 0. The lowest BCUT2D eigenvalue weighted by molar-refractivity contribution is -0.885. The number of carbonyl (C=O) groups excluding carboxylic acids is 1. The highest BCUT2D eigenvalue weighted by Gasteiger charge is 2.12. The van der Waals surface area contributed by atoms with Crippen molar-refractivity contribution in [2.75, 3.05) is 18.9 Å². The molecular weight excluding hydrogens is 308 g/mol. The van der Waals surface area contributed by atoms with E-state index in [1.165, 1.54) is 11.1 Å². The van der Waals surface area contributed by atoms with Crippen molar-refractivity contribution in [1.29, 1.82) is 0 Å². The van der Waals surface area contributed by atoms with Gasteiger partial charge in [-0.15, -0.1) is 0 Å². The van der Waals surface area contributed by atoms with Gasteiger partial charge >= 0.3 is 0 Å². The van der Waals surface area contributed by atoms with E-state index < -0.39 is 0 Å². The second-order valence-electron chi connectivity index (χ2n) is 6.01. The van der Waals surface area contributed by atoms with Crippen LogP contribution in [0.3, 0.4) is 0 Å². The molecule has 2 aromatic rings. The number of amides is 1. The number of anilines is 1. The van der Waals surface area contributed by atoms with Crippen molar-refractivity contribution in [2.45, 2.75) is 26.8 Å². The highest BCUT2D eigenvalue weighted by atomic mass is 35.5. The molecule has 1 unspecified atom stereocenters. The molecule has 122 valence electrons. The zero-order chi connectivity index (χ0) is 16.8. The average molecular weight is 332 g/mol. The molecule has 0 radical (unpaired) electrons. The molecule has 2 rings (SSSR count). The molecule has 2 N–H and O–H groups in total. The molecule has 23 heavy (non-hydrogen) atoms. The van der Waals surface area contributed by atoms with Gasteiger partial charge in [0.1, 0.15) is 6.54 Å². The number of likely N-dealkylation sites (N-methyl/N-ethyl adjacent to an activating group) is 1. The highest BCUT2D eigenvalue weighted by molar-refractivity contribution is 6.33. The number of hydrogen-bond donors (Lipinski definition) is 2. The maximum atomic E-state index is 12.2. The Balaban J connectivity index is 1.88. The summed E-state index contributed by atoms with van der Waals surface area (Å²) in [7, 11) is 2.02. The molecule has 0 aliphatic rings. The van der Waals surface area contributed by atoms with Crippen LogP contribution in [0.25, 0.3) is 0 Å². The van der Waals surface area contributed by atoms with Crippen LogP contribution in [0.5, 0.6) is 0 Å². The number of quaternary nitrogens is 1. The van der Waals surface area contributed by atoms with Crippen molar-refractivity contribution in [3.8, 4) is 0 Å². The second-order valence-corrected chi connectivity index (χ2v) is 6.42. The maximum absolute atomic E-state index is 12.2. The van der Waals surface area contributed by atoms with Crippen LogP contribution in [0, 0.1) is 6.92 Å². The van der Waals surface area contributed by atoms with Gasteiger partial charge in [0, 0.05) is 5.56 Å². The van der Waals surface area contributed by atoms with Gasteiger partial charge in [-0.05, 0) is 36.6 Å². The first kappa shape index (κ1) is 17.5. The van der Waals surface area contributed by atoms with E-state index in [0.717, 1.165) is 23.4 Å². The Morgan fingerprint density at radius 2 is 1.78 bits per heavy atom. The van der Waals surface area contributed by atoms with E-state index in [1.54, 1.807) is 0 Å². The zero-order valence-electron chi connectivity index (χ0n) is 13.9. The molecule has 0 aromatic heterocycles. The molecule has 0 aliphatic carbocycles. The van der Waals surface area contributed by atoms with E-state index in [4.69, 9.17) is 11.6 Å². The van der Waals surface area contributed by atoms with Gasteiger partial charge in [0.15, 0.2) is 6.54 Å². The molecule has 0 saturated carbocycles. The highest BCUT2D eigenvalue weighted by Crippen LogP contribution is 2.22. The van der Waals surface area contributed by atoms with E-state index in [1.807, 2.05) is 32.2 Å². The van der Waals surface area contributed by atoms with Gasteiger partial charge in [-0.1, -0.05) is 48.9 Å². The van der Waals surface area contributed by atoms with E-state index >= 15 is 0 Å². The number of nitrogens with one attached hydrogen (secondary N) is 2. The fourth-order valence-corrected chi connectivity index (χ4v) is 2.78. The predicted molar refractivity (Wildman–Crippen MR) is 96.1 cm³/mol. The first-order chi connectivity index (χ1) is 11.0. The first-order valence-electron chi connectivity index (χ1n) is 7.93. The summed E-state index contributed by atoms with van der Waals surface area (Å²) >= 11 is 6.15. The van der Waals surface area contributed by atoms with Crippen molar-refractivity contribution in [3.63, 3.8) is 0 Å². The third kappa shape index (κ3) is 5.38. The Bertz CT molecular complexity index is 668. The third-order valence-electron chi connectivity index (χ3n) is 3.80. The SMILES string of the molecule is CCc1ccc(C[NH+](C)CC(=O)Nc2ccc(C)cc2Cl)cc1. The molecule has 0 fully saturated rings. The summed E-state index contributed by atoms with van der Waals surface area (Å²) in [5.74, 6) is -0.0292. The molecule has 1 atom stereocenters. The fraction of sp³-hybridized carbons (Fsp3) is 0.316. The van der Waals surface area contributed by atoms with Crippen molar-refractivity contribution >= 4 is 23.2 Å². The Labute approximate surface area is 143 Å². The van der Waals surface area contributed by atoms with Gasteiger partial charge in [-0.25, -0.2) is 0 Å². The predicted octanol–water partition coefficient (Wildman–Crippen LogP) is 2.86. The van der Waals surface area contributed by atoms with Gasteiger partial charge < -0.3 is 10.2 Å². The Kier molecular flexibility index (Phi) is 6.20. The van der Waals surface area contributed by atoms with Crippen LogP contribution >= 0.6 is 11.6 Å². The minimum Gasteiger partial charge on any atom is -0.326 e. The molecule has 0 aliphatic heterocycles.